The van der Waals surface area contributed by atoms with Crippen LogP contribution >= 0.6 is 0 Å². The van der Waals surface area contributed by atoms with Gasteiger partial charge in [-0.25, -0.2) is 0 Å². The fourth-order valence-electron chi connectivity index (χ4n) is 6.75. The molecule has 2 aliphatic carbocycles. The number of benzene rings is 1. The predicted octanol–water partition coefficient (Wildman–Crippen LogP) is 5.49. The Kier molecular flexibility index (Phi) is 4.99. The lowest BCUT2D eigenvalue weighted by molar-refractivity contribution is -0.127. The molecule has 2 saturated carbocycles. The van der Waals surface area contributed by atoms with Gasteiger partial charge in [-0.3, -0.25) is 9.69 Å². The first-order valence-corrected chi connectivity index (χ1v) is 11.8. The molecule has 0 N–H and O–H groups in total. The number of nitrogens with zero attached hydrogens (tertiary/aromatic N) is 2. The first kappa shape index (κ1) is 18.7. The van der Waals surface area contributed by atoms with Crippen LogP contribution in [0.5, 0.6) is 0 Å². The molecular weight excluding hydrogens is 344 g/mol. The summed E-state index contributed by atoms with van der Waals surface area (Å²) in [7, 11) is 0. The number of anilines is 1. The van der Waals surface area contributed by atoms with Gasteiger partial charge in [-0.2, -0.15) is 0 Å². The molecular formula is C25H36N2O. The molecule has 3 atom stereocenters. The molecule has 5 rings (SSSR count). The lowest BCUT2D eigenvalue weighted by Gasteiger charge is -2.31. The van der Waals surface area contributed by atoms with Crippen molar-refractivity contribution >= 4 is 11.6 Å². The molecule has 1 aromatic rings. The SMILES string of the molecule is CC1CCCN1C1CCC(c2ccc(N3CCC4(CCCCC4)C3=O)cc2)C1. The van der Waals surface area contributed by atoms with E-state index in [1.165, 1.54) is 63.5 Å². The minimum atomic E-state index is -0.0258. The van der Waals surface area contributed by atoms with Gasteiger partial charge < -0.3 is 4.90 Å². The summed E-state index contributed by atoms with van der Waals surface area (Å²) < 4.78 is 0. The Morgan fingerprint density at radius 2 is 1.68 bits per heavy atom. The van der Waals surface area contributed by atoms with E-state index in [1.807, 2.05) is 0 Å². The van der Waals surface area contributed by atoms with Gasteiger partial charge in [0.05, 0.1) is 5.41 Å². The van der Waals surface area contributed by atoms with Gasteiger partial charge in [-0.05, 0) is 88.4 Å². The van der Waals surface area contributed by atoms with Gasteiger partial charge in [-0.1, -0.05) is 31.4 Å². The fourth-order valence-corrected chi connectivity index (χ4v) is 6.75. The molecule has 1 amide bonds. The number of likely N-dealkylation sites (tertiary alicyclic amines) is 1. The maximum atomic E-state index is 13.2. The summed E-state index contributed by atoms with van der Waals surface area (Å²) >= 11 is 0. The third-order valence-corrected chi connectivity index (χ3v) is 8.48. The van der Waals surface area contributed by atoms with Gasteiger partial charge in [0.25, 0.3) is 0 Å². The van der Waals surface area contributed by atoms with E-state index in [9.17, 15) is 4.79 Å². The van der Waals surface area contributed by atoms with Crippen LogP contribution in [0.15, 0.2) is 24.3 Å². The zero-order valence-corrected chi connectivity index (χ0v) is 17.5. The average Bonchev–Trinajstić information content (AvgIpc) is 3.44. The molecule has 0 bridgehead atoms. The van der Waals surface area contributed by atoms with Crippen LogP contribution in [0.2, 0.25) is 0 Å². The van der Waals surface area contributed by atoms with E-state index < -0.39 is 0 Å². The normalized spacial score (nSPS) is 33.2. The zero-order chi connectivity index (χ0) is 19.1. The summed E-state index contributed by atoms with van der Waals surface area (Å²) in [6, 6.07) is 10.6. The number of hydrogen-bond acceptors (Lipinski definition) is 2. The van der Waals surface area contributed by atoms with Gasteiger partial charge in [-0.15, -0.1) is 0 Å². The van der Waals surface area contributed by atoms with Crippen molar-refractivity contribution in [1.82, 2.24) is 4.90 Å². The van der Waals surface area contributed by atoms with Gasteiger partial charge in [0, 0.05) is 24.3 Å². The average molecular weight is 381 g/mol. The van der Waals surface area contributed by atoms with E-state index in [-0.39, 0.29) is 5.41 Å². The van der Waals surface area contributed by atoms with Crippen molar-refractivity contribution in [3.05, 3.63) is 29.8 Å². The highest BCUT2D eigenvalue weighted by Gasteiger charge is 2.47. The van der Waals surface area contributed by atoms with E-state index in [0.717, 1.165) is 43.6 Å². The van der Waals surface area contributed by atoms with Gasteiger partial charge >= 0.3 is 0 Å². The van der Waals surface area contributed by atoms with E-state index in [2.05, 4.69) is 41.0 Å². The van der Waals surface area contributed by atoms with Crippen molar-refractivity contribution in [2.75, 3.05) is 18.0 Å². The molecule has 0 radical (unpaired) electrons. The Hall–Kier alpha value is -1.35. The second kappa shape index (κ2) is 7.48. The summed E-state index contributed by atoms with van der Waals surface area (Å²) in [5, 5.41) is 0. The molecule has 3 heteroatoms. The summed E-state index contributed by atoms with van der Waals surface area (Å²) in [6.07, 6.45) is 13.8. The monoisotopic (exact) mass is 380 g/mol. The topological polar surface area (TPSA) is 23.6 Å². The number of amides is 1. The highest BCUT2D eigenvalue weighted by atomic mass is 16.2. The van der Waals surface area contributed by atoms with Crippen molar-refractivity contribution in [2.45, 2.75) is 95.6 Å². The second-order valence-corrected chi connectivity index (χ2v) is 10.0. The molecule has 152 valence electrons. The fraction of sp³-hybridized carbons (Fsp3) is 0.720. The number of rotatable bonds is 3. The van der Waals surface area contributed by atoms with Crippen molar-refractivity contribution in [2.24, 2.45) is 5.41 Å². The van der Waals surface area contributed by atoms with Crippen LogP contribution in [0.25, 0.3) is 0 Å². The largest absolute Gasteiger partial charge is 0.312 e. The number of hydrogen-bond donors (Lipinski definition) is 0. The predicted molar refractivity (Wildman–Crippen MR) is 115 cm³/mol. The summed E-state index contributed by atoms with van der Waals surface area (Å²) in [4.78, 5) is 18.0. The third-order valence-electron chi connectivity index (χ3n) is 8.48. The lowest BCUT2D eigenvalue weighted by Crippen LogP contribution is -2.36. The first-order chi connectivity index (χ1) is 13.7. The Labute approximate surface area is 170 Å². The summed E-state index contributed by atoms with van der Waals surface area (Å²) in [5.74, 6) is 1.11. The third kappa shape index (κ3) is 3.20. The highest BCUT2D eigenvalue weighted by molar-refractivity contribution is 5.99. The molecule has 4 aliphatic rings. The molecule has 28 heavy (non-hydrogen) atoms. The molecule has 4 fully saturated rings. The molecule has 2 saturated heterocycles. The minimum absolute atomic E-state index is 0.0258. The Bertz CT molecular complexity index is 706. The van der Waals surface area contributed by atoms with E-state index >= 15 is 0 Å². The molecule has 2 heterocycles. The van der Waals surface area contributed by atoms with Gasteiger partial charge in [0.15, 0.2) is 0 Å². The van der Waals surface area contributed by atoms with Crippen LogP contribution in [0.4, 0.5) is 5.69 Å². The Morgan fingerprint density at radius 1 is 0.893 bits per heavy atom. The minimum Gasteiger partial charge on any atom is -0.312 e. The smallest absolute Gasteiger partial charge is 0.233 e. The van der Waals surface area contributed by atoms with Crippen LogP contribution in [0, 0.1) is 5.41 Å². The van der Waals surface area contributed by atoms with Crippen LogP contribution in [0.1, 0.15) is 89.0 Å². The maximum Gasteiger partial charge on any atom is 0.233 e. The molecule has 3 nitrogen and oxygen atoms in total. The Morgan fingerprint density at radius 3 is 2.39 bits per heavy atom. The second-order valence-electron chi connectivity index (χ2n) is 10.0. The van der Waals surface area contributed by atoms with E-state index in [4.69, 9.17) is 0 Å². The first-order valence-electron chi connectivity index (χ1n) is 11.8. The molecule has 2 aliphatic heterocycles. The van der Waals surface area contributed by atoms with Crippen LogP contribution in [-0.2, 0) is 4.79 Å². The van der Waals surface area contributed by atoms with Crippen LogP contribution < -0.4 is 4.90 Å². The van der Waals surface area contributed by atoms with Gasteiger partial charge in [0.2, 0.25) is 5.91 Å². The number of carbonyl (C=O) groups is 1. The van der Waals surface area contributed by atoms with E-state index in [0.29, 0.717) is 11.8 Å². The quantitative estimate of drug-likeness (QED) is 0.692. The molecule has 3 unspecified atom stereocenters. The van der Waals surface area contributed by atoms with Crippen molar-refractivity contribution in [3.8, 4) is 0 Å². The lowest BCUT2D eigenvalue weighted by atomic mass is 9.73. The summed E-state index contributed by atoms with van der Waals surface area (Å²) in [6.45, 7) is 4.62. The van der Waals surface area contributed by atoms with Gasteiger partial charge in [0.1, 0.15) is 0 Å². The standard InChI is InChI=1S/C25H36N2O/c1-19-6-5-16-26(19)23-12-9-21(18-23)20-7-10-22(11-8-20)27-17-15-25(24(27)28)13-3-2-4-14-25/h7-8,10-11,19,21,23H,2-6,9,12-18H2,1H3. The summed E-state index contributed by atoms with van der Waals surface area (Å²) in [5.41, 5.74) is 2.58. The Balaban J connectivity index is 1.25. The molecule has 1 aromatic carbocycles. The van der Waals surface area contributed by atoms with Crippen LogP contribution in [0.3, 0.4) is 0 Å². The number of carbonyl (C=O) groups excluding carboxylic acids is 1. The van der Waals surface area contributed by atoms with Crippen LogP contribution in [-0.4, -0.2) is 36.0 Å². The van der Waals surface area contributed by atoms with Crippen molar-refractivity contribution in [3.63, 3.8) is 0 Å². The van der Waals surface area contributed by atoms with E-state index in [1.54, 1.807) is 0 Å². The zero-order valence-electron chi connectivity index (χ0n) is 17.5. The maximum absolute atomic E-state index is 13.2. The molecule has 0 aromatic heterocycles. The van der Waals surface area contributed by atoms with Crippen molar-refractivity contribution < 1.29 is 4.79 Å². The van der Waals surface area contributed by atoms with Crippen molar-refractivity contribution in [1.29, 1.82) is 0 Å². The highest BCUT2D eigenvalue weighted by Crippen LogP contribution is 2.46. The molecule has 1 spiro atoms.